The van der Waals surface area contributed by atoms with E-state index in [2.05, 4.69) is 0 Å². The van der Waals surface area contributed by atoms with Gasteiger partial charge in [0, 0.05) is 12.1 Å². The van der Waals surface area contributed by atoms with Crippen LogP contribution in [0.15, 0.2) is 84.0 Å². The van der Waals surface area contributed by atoms with Crippen LogP contribution in [0.25, 0.3) is 12.2 Å². The standard InChI is InChI=1S/C25H22N2O5/c28-25-21(15-7-13-19-9-3-5-17-23(19)26(29)30)11-1-2-12-22(25)16-8-14-20-10-4-6-18-24(20)27(31)32/h3-10,13-18H,1-2,11-12H2. The molecule has 1 aliphatic rings. The van der Waals surface area contributed by atoms with Crippen LogP contribution in [0, 0.1) is 20.2 Å². The number of nitro groups is 2. The van der Waals surface area contributed by atoms with Gasteiger partial charge in [0.2, 0.25) is 0 Å². The lowest BCUT2D eigenvalue weighted by Gasteiger charge is -2.03. The van der Waals surface area contributed by atoms with Gasteiger partial charge in [0.25, 0.3) is 11.4 Å². The molecular formula is C25H22N2O5. The van der Waals surface area contributed by atoms with Gasteiger partial charge in [-0.2, -0.15) is 0 Å². The number of benzene rings is 2. The van der Waals surface area contributed by atoms with E-state index >= 15 is 0 Å². The molecule has 1 fully saturated rings. The highest BCUT2D eigenvalue weighted by Gasteiger charge is 2.18. The van der Waals surface area contributed by atoms with E-state index in [1.165, 1.54) is 12.1 Å². The third kappa shape index (κ3) is 5.72. The van der Waals surface area contributed by atoms with Crippen LogP contribution in [0.4, 0.5) is 11.4 Å². The zero-order valence-electron chi connectivity index (χ0n) is 17.3. The fourth-order valence-corrected chi connectivity index (χ4v) is 3.51. The maximum Gasteiger partial charge on any atom is 0.276 e. The van der Waals surface area contributed by atoms with Gasteiger partial charge in [-0.1, -0.05) is 48.6 Å². The van der Waals surface area contributed by atoms with Crippen molar-refractivity contribution in [3.8, 4) is 0 Å². The number of allylic oxidation sites excluding steroid dienone is 6. The predicted octanol–water partition coefficient (Wildman–Crippen LogP) is 6.23. The molecule has 1 aliphatic carbocycles. The summed E-state index contributed by atoms with van der Waals surface area (Å²) < 4.78 is 0. The number of carbonyl (C=O) groups excluding carboxylic acids is 1. The monoisotopic (exact) mass is 430 g/mol. The lowest BCUT2D eigenvalue weighted by atomic mass is 10.0. The Balaban J connectivity index is 1.80. The highest BCUT2D eigenvalue weighted by atomic mass is 16.6. The zero-order chi connectivity index (χ0) is 22.9. The van der Waals surface area contributed by atoms with Crippen LogP contribution >= 0.6 is 0 Å². The molecule has 1 saturated carbocycles. The van der Waals surface area contributed by atoms with Gasteiger partial charge in [0.05, 0.1) is 21.0 Å². The summed E-state index contributed by atoms with van der Waals surface area (Å²) in [7, 11) is 0. The molecule has 0 saturated heterocycles. The van der Waals surface area contributed by atoms with Crippen molar-refractivity contribution in [1.29, 1.82) is 0 Å². The fourth-order valence-electron chi connectivity index (χ4n) is 3.51. The SMILES string of the molecule is O=C1C(=CC=Cc2ccccc2[N+](=O)[O-])CCCCC1=CC=Cc1ccccc1[N+](=O)[O-]. The quantitative estimate of drug-likeness (QED) is 0.234. The topological polar surface area (TPSA) is 103 Å². The Morgan fingerprint density at radius 3 is 1.50 bits per heavy atom. The Bertz CT molecular complexity index is 1070. The Morgan fingerprint density at radius 1 is 0.688 bits per heavy atom. The summed E-state index contributed by atoms with van der Waals surface area (Å²) in [5, 5.41) is 22.3. The first-order valence-electron chi connectivity index (χ1n) is 10.2. The van der Waals surface area contributed by atoms with Crippen LogP contribution < -0.4 is 0 Å². The molecule has 162 valence electrons. The van der Waals surface area contributed by atoms with E-state index in [1.807, 2.05) is 0 Å². The maximum atomic E-state index is 13.0. The molecule has 7 heteroatoms. The van der Waals surface area contributed by atoms with Crippen molar-refractivity contribution < 1.29 is 14.6 Å². The summed E-state index contributed by atoms with van der Waals surface area (Å²) in [5.41, 5.74) is 2.24. The van der Waals surface area contributed by atoms with Gasteiger partial charge in [-0.3, -0.25) is 25.0 Å². The third-order valence-electron chi connectivity index (χ3n) is 5.14. The van der Waals surface area contributed by atoms with Gasteiger partial charge in [0.1, 0.15) is 0 Å². The maximum absolute atomic E-state index is 13.0. The highest BCUT2D eigenvalue weighted by molar-refractivity contribution is 6.08. The summed E-state index contributed by atoms with van der Waals surface area (Å²) in [5.74, 6) is -0.0677. The van der Waals surface area contributed by atoms with Crippen LogP contribution in [-0.4, -0.2) is 15.6 Å². The van der Waals surface area contributed by atoms with Crippen molar-refractivity contribution >= 4 is 29.3 Å². The molecule has 3 rings (SSSR count). The van der Waals surface area contributed by atoms with Crippen LogP contribution in [0.5, 0.6) is 0 Å². The molecule has 0 N–H and O–H groups in total. The molecule has 0 unspecified atom stereocenters. The molecule has 2 aromatic carbocycles. The number of nitro benzene ring substituents is 2. The van der Waals surface area contributed by atoms with Crippen molar-refractivity contribution in [3.05, 3.63) is 115 Å². The number of nitrogens with zero attached hydrogens (tertiary/aromatic N) is 2. The first-order valence-corrected chi connectivity index (χ1v) is 10.2. The number of para-hydroxylation sites is 2. The number of Topliss-reactive ketones (excluding diaryl/α,β-unsaturated/α-hetero) is 1. The van der Waals surface area contributed by atoms with Gasteiger partial charge in [-0.25, -0.2) is 0 Å². The van der Waals surface area contributed by atoms with E-state index in [1.54, 1.807) is 72.9 Å². The second kappa shape index (κ2) is 10.8. The summed E-state index contributed by atoms with van der Waals surface area (Å²) in [6.45, 7) is 0. The number of rotatable bonds is 6. The first-order chi connectivity index (χ1) is 15.5. The number of carbonyl (C=O) groups is 1. The van der Waals surface area contributed by atoms with Crippen LogP contribution in [-0.2, 0) is 4.79 Å². The molecule has 0 bridgehead atoms. The average Bonchev–Trinajstić information content (AvgIpc) is 2.96. The van der Waals surface area contributed by atoms with E-state index in [4.69, 9.17) is 0 Å². The number of ketones is 1. The van der Waals surface area contributed by atoms with Crippen LogP contribution in [0.3, 0.4) is 0 Å². The Hall–Kier alpha value is -4.13. The van der Waals surface area contributed by atoms with Crippen molar-refractivity contribution in [2.24, 2.45) is 0 Å². The van der Waals surface area contributed by atoms with Crippen LogP contribution in [0.2, 0.25) is 0 Å². The molecule has 0 aromatic heterocycles. The normalized spacial score (nSPS) is 17.3. The Labute approximate surface area is 185 Å². The molecule has 0 atom stereocenters. The summed E-state index contributed by atoms with van der Waals surface area (Å²) >= 11 is 0. The van der Waals surface area contributed by atoms with Gasteiger partial charge in [-0.05, 0) is 61.1 Å². The zero-order valence-corrected chi connectivity index (χ0v) is 17.3. The molecule has 0 aliphatic heterocycles. The summed E-state index contributed by atoms with van der Waals surface area (Å²) in [4.78, 5) is 34.4. The Morgan fingerprint density at radius 2 is 1.09 bits per heavy atom. The molecule has 0 radical (unpaired) electrons. The molecule has 2 aromatic rings. The lowest BCUT2D eigenvalue weighted by Crippen LogP contribution is -2.03. The largest absolute Gasteiger partial charge is 0.289 e. The van der Waals surface area contributed by atoms with E-state index in [0.29, 0.717) is 35.1 Å². The molecule has 0 amide bonds. The average molecular weight is 430 g/mol. The van der Waals surface area contributed by atoms with Gasteiger partial charge in [0.15, 0.2) is 5.78 Å². The second-order valence-electron chi connectivity index (χ2n) is 7.27. The summed E-state index contributed by atoms with van der Waals surface area (Å²) in [6, 6.07) is 12.8. The van der Waals surface area contributed by atoms with Gasteiger partial charge < -0.3 is 0 Å². The smallest absolute Gasteiger partial charge is 0.276 e. The molecule has 0 heterocycles. The van der Waals surface area contributed by atoms with Crippen molar-refractivity contribution in [2.75, 3.05) is 0 Å². The van der Waals surface area contributed by atoms with Crippen molar-refractivity contribution in [3.63, 3.8) is 0 Å². The molecule has 0 spiro atoms. The first kappa shape index (κ1) is 22.6. The third-order valence-corrected chi connectivity index (χ3v) is 5.14. The highest BCUT2D eigenvalue weighted by Crippen LogP contribution is 2.25. The molecule has 32 heavy (non-hydrogen) atoms. The lowest BCUT2D eigenvalue weighted by molar-refractivity contribution is -0.385. The minimum Gasteiger partial charge on any atom is -0.289 e. The van der Waals surface area contributed by atoms with E-state index in [9.17, 15) is 25.0 Å². The van der Waals surface area contributed by atoms with E-state index < -0.39 is 9.85 Å². The predicted molar refractivity (Wildman–Crippen MR) is 124 cm³/mol. The minimum atomic E-state index is -0.437. The molecular weight excluding hydrogens is 408 g/mol. The summed E-state index contributed by atoms with van der Waals surface area (Å²) in [6.07, 6.45) is 13.0. The van der Waals surface area contributed by atoms with Gasteiger partial charge >= 0.3 is 0 Å². The molecule has 7 nitrogen and oxygen atoms in total. The Kier molecular flexibility index (Phi) is 7.59. The minimum absolute atomic E-state index is 0.00932. The number of hydrogen-bond acceptors (Lipinski definition) is 5. The van der Waals surface area contributed by atoms with Crippen molar-refractivity contribution in [2.45, 2.75) is 25.7 Å². The van der Waals surface area contributed by atoms with Gasteiger partial charge in [-0.15, -0.1) is 0 Å². The second-order valence-corrected chi connectivity index (χ2v) is 7.27. The van der Waals surface area contributed by atoms with Crippen molar-refractivity contribution in [1.82, 2.24) is 0 Å². The van der Waals surface area contributed by atoms with Crippen LogP contribution in [0.1, 0.15) is 36.8 Å². The number of hydrogen-bond donors (Lipinski definition) is 0. The van der Waals surface area contributed by atoms with E-state index in [-0.39, 0.29) is 17.2 Å². The fraction of sp³-hybridized carbons (Fsp3) is 0.160. The van der Waals surface area contributed by atoms with E-state index in [0.717, 1.165) is 12.8 Å².